The third-order valence-electron chi connectivity index (χ3n) is 4.24. The first-order chi connectivity index (χ1) is 10.6. The van der Waals surface area contributed by atoms with Gasteiger partial charge in [0.1, 0.15) is 11.7 Å². The highest BCUT2D eigenvalue weighted by atomic mass is 16.5. The Balaban J connectivity index is 1.80. The maximum Gasteiger partial charge on any atom is 0.326 e. The first-order valence-electron chi connectivity index (χ1n) is 7.42. The zero-order valence-electron chi connectivity index (χ0n) is 12.4. The number of carboxylic acid groups (broad SMARTS) is 1. The topological polar surface area (TPSA) is 83.6 Å². The number of aromatic nitrogens is 1. The number of rotatable bonds is 3. The highest BCUT2D eigenvalue weighted by molar-refractivity contribution is 5.88. The molecule has 0 aliphatic carbocycles. The van der Waals surface area contributed by atoms with Crippen molar-refractivity contribution >= 4 is 22.8 Å². The molecule has 0 saturated carbocycles. The first kappa shape index (κ1) is 14.6. The van der Waals surface area contributed by atoms with Crippen LogP contribution in [0.1, 0.15) is 25.5 Å². The van der Waals surface area contributed by atoms with Crippen molar-refractivity contribution in [1.82, 2.24) is 10.1 Å². The molecule has 1 aliphatic heterocycles. The molecule has 0 bridgehead atoms. The summed E-state index contributed by atoms with van der Waals surface area (Å²) in [5.41, 5.74) is 1.19. The molecule has 1 aromatic heterocycles. The lowest BCUT2D eigenvalue weighted by Gasteiger charge is -2.35. The van der Waals surface area contributed by atoms with Gasteiger partial charge >= 0.3 is 5.97 Å². The summed E-state index contributed by atoms with van der Waals surface area (Å²) in [5, 5.41) is 14.1. The Morgan fingerprint density at radius 3 is 2.95 bits per heavy atom. The van der Waals surface area contributed by atoms with Crippen LogP contribution in [0.15, 0.2) is 28.8 Å². The van der Waals surface area contributed by atoms with Crippen LogP contribution >= 0.6 is 0 Å². The van der Waals surface area contributed by atoms with Gasteiger partial charge in [0.05, 0.1) is 6.42 Å². The number of piperidine rings is 1. The molecule has 2 heterocycles. The molecule has 1 N–H and O–H groups in total. The van der Waals surface area contributed by atoms with Crippen LogP contribution in [-0.4, -0.2) is 39.6 Å². The molecule has 1 saturated heterocycles. The Labute approximate surface area is 127 Å². The summed E-state index contributed by atoms with van der Waals surface area (Å²) in [6, 6.07) is 6.59. The summed E-state index contributed by atoms with van der Waals surface area (Å²) in [7, 11) is 0. The monoisotopic (exact) mass is 302 g/mol. The van der Waals surface area contributed by atoms with Crippen molar-refractivity contribution in [1.29, 1.82) is 0 Å². The van der Waals surface area contributed by atoms with Gasteiger partial charge in [-0.05, 0) is 30.9 Å². The molecule has 116 valence electrons. The lowest BCUT2D eigenvalue weighted by Crippen LogP contribution is -2.50. The molecule has 6 heteroatoms. The fourth-order valence-corrected chi connectivity index (χ4v) is 2.98. The van der Waals surface area contributed by atoms with Crippen molar-refractivity contribution in [3.05, 3.63) is 30.0 Å². The smallest absolute Gasteiger partial charge is 0.326 e. The Kier molecular flexibility index (Phi) is 3.83. The summed E-state index contributed by atoms with van der Waals surface area (Å²) in [4.78, 5) is 25.4. The third kappa shape index (κ3) is 2.68. The van der Waals surface area contributed by atoms with Crippen LogP contribution in [0.5, 0.6) is 0 Å². The number of carbonyl (C=O) groups is 2. The van der Waals surface area contributed by atoms with Crippen LogP contribution in [0.4, 0.5) is 0 Å². The number of fused-ring (bicyclic) bond motifs is 1. The summed E-state index contributed by atoms with van der Waals surface area (Å²) in [6.07, 6.45) is 1.39. The number of nitrogens with zero attached hydrogens (tertiary/aromatic N) is 2. The molecule has 22 heavy (non-hydrogen) atoms. The van der Waals surface area contributed by atoms with Gasteiger partial charge in [-0.1, -0.05) is 24.2 Å². The predicted octanol–water partition coefficient (Wildman–Crippen LogP) is 2.08. The van der Waals surface area contributed by atoms with Gasteiger partial charge in [0.25, 0.3) is 0 Å². The zero-order valence-corrected chi connectivity index (χ0v) is 12.4. The highest BCUT2D eigenvalue weighted by Crippen LogP contribution is 2.25. The Hall–Kier alpha value is -2.37. The zero-order chi connectivity index (χ0) is 15.7. The molecule has 1 aromatic carbocycles. The summed E-state index contributed by atoms with van der Waals surface area (Å²) >= 11 is 0. The normalized spacial score (nSPS) is 22.0. The van der Waals surface area contributed by atoms with Crippen molar-refractivity contribution in [3.63, 3.8) is 0 Å². The summed E-state index contributed by atoms with van der Waals surface area (Å²) in [5.74, 6) is -0.832. The minimum atomic E-state index is -0.940. The lowest BCUT2D eigenvalue weighted by atomic mass is 9.92. The van der Waals surface area contributed by atoms with Gasteiger partial charge in [-0.15, -0.1) is 0 Å². The Morgan fingerprint density at radius 1 is 1.41 bits per heavy atom. The number of likely N-dealkylation sites (tertiary alicyclic amines) is 1. The van der Waals surface area contributed by atoms with Gasteiger partial charge in [-0.2, -0.15) is 0 Å². The fourth-order valence-electron chi connectivity index (χ4n) is 2.98. The van der Waals surface area contributed by atoms with E-state index >= 15 is 0 Å². The number of hydrogen-bond acceptors (Lipinski definition) is 4. The molecule has 2 unspecified atom stereocenters. The molecule has 2 aromatic rings. The van der Waals surface area contributed by atoms with Gasteiger partial charge in [-0.3, -0.25) is 4.79 Å². The van der Waals surface area contributed by atoms with Gasteiger partial charge in [0.15, 0.2) is 5.58 Å². The second-order valence-corrected chi connectivity index (χ2v) is 5.87. The molecule has 1 amide bonds. The molecular formula is C16H18N2O4. The minimum Gasteiger partial charge on any atom is -0.480 e. The van der Waals surface area contributed by atoms with E-state index in [0.717, 1.165) is 11.8 Å². The maximum absolute atomic E-state index is 12.5. The molecule has 0 radical (unpaired) electrons. The predicted molar refractivity (Wildman–Crippen MR) is 79.2 cm³/mol. The molecule has 2 atom stereocenters. The number of benzene rings is 1. The van der Waals surface area contributed by atoms with Crippen molar-refractivity contribution in [2.24, 2.45) is 5.92 Å². The standard InChI is InChI=1S/C16H18N2O4/c1-10-6-7-18(13(8-10)16(20)21)15(19)9-12-11-4-2-3-5-14(11)22-17-12/h2-5,10,13H,6-9H2,1H3,(H,20,21). The maximum atomic E-state index is 12.5. The van der Waals surface area contributed by atoms with Crippen LogP contribution < -0.4 is 0 Å². The van der Waals surface area contributed by atoms with E-state index in [2.05, 4.69) is 5.16 Å². The van der Waals surface area contributed by atoms with Crippen LogP contribution in [0.2, 0.25) is 0 Å². The van der Waals surface area contributed by atoms with Crippen LogP contribution in [0.25, 0.3) is 11.0 Å². The molecule has 1 fully saturated rings. The van der Waals surface area contributed by atoms with E-state index in [1.807, 2.05) is 25.1 Å². The van der Waals surface area contributed by atoms with E-state index in [1.54, 1.807) is 6.07 Å². The number of para-hydroxylation sites is 1. The van der Waals surface area contributed by atoms with Gasteiger partial charge in [-0.25, -0.2) is 4.79 Å². The van der Waals surface area contributed by atoms with Crippen molar-refractivity contribution in [2.75, 3.05) is 6.54 Å². The summed E-state index contributed by atoms with van der Waals surface area (Å²) < 4.78 is 5.19. The van der Waals surface area contributed by atoms with E-state index in [0.29, 0.717) is 30.2 Å². The second-order valence-electron chi connectivity index (χ2n) is 5.87. The minimum absolute atomic E-state index is 0.0647. The third-order valence-corrected chi connectivity index (χ3v) is 4.24. The average Bonchev–Trinajstić information content (AvgIpc) is 2.90. The number of hydrogen-bond donors (Lipinski definition) is 1. The molecule has 1 aliphatic rings. The largest absolute Gasteiger partial charge is 0.480 e. The van der Waals surface area contributed by atoms with Gasteiger partial charge in [0, 0.05) is 11.9 Å². The number of carboxylic acids is 1. The lowest BCUT2D eigenvalue weighted by molar-refractivity contribution is -0.152. The van der Waals surface area contributed by atoms with E-state index in [4.69, 9.17) is 4.52 Å². The van der Waals surface area contributed by atoms with Crippen LogP contribution in [0.3, 0.4) is 0 Å². The van der Waals surface area contributed by atoms with E-state index in [-0.39, 0.29) is 12.3 Å². The van der Waals surface area contributed by atoms with Crippen LogP contribution in [-0.2, 0) is 16.0 Å². The second kappa shape index (κ2) is 5.79. The fraction of sp³-hybridized carbons (Fsp3) is 0.438. The Bertz CT molecular complexity index is 709. The Morgan fingerprint density at radius 2 is 2.18 bits per heavy atom. The van der Waals surface area contributed by atoms with E-state index in [9.17, 15) is 14.7 Å². The van der Waals surface area contributed by atoms with Crippen molar-refractivity contribution in [3.8, 4) is 0 Å². The molecule has 6 nitrogen and oxygen atoms in total. The summed E-state index contributed by atoms with van der Waals surface area (Å²) in [6.45, 7) is 2.50. The van der Waals surface area contributed by atoms with Crippen molar-refractivity contribution < 1.29 is 19.2 Å². The average molecular weight is 302 g/mol. The molecule has 0 spiro atoms. The van der Waals surface area contributed by atoms with E-state index < -0.39 is 12.0 Å². The molecular weight excluding hydrogens is 284 g/mol. The first-order valence-corrected chi connectivity index (χ1v) is 7.42. The molecule has 3 rings (SSSR count). The van der Waals surface area contributed by atoms with Crippen molar-refractivity contribution in [2.45, 2.75) is 32.2 Å². The number of amides is 1. The quantitative estimate of drug-likeness (QED) is 0.938. The van der Waals surface area contributed by atoms with Crippen LogP contribution in [0, 0.1) is 5.92 Å². The van der Waals surface area contributed by atoms with E-state index in [1.165, 1.54) is 4.90 Å². The SMILES string of the molecule is CC1CCN(C(=O)Cc2noc3ccccc23)C(C(=O)O)C1. The highest BCUT2D eigenvalue weighted by Gasteiger charge is 2.35. The van der Waals surface area contributed by atoms with Gasteiger partial charge in [0.2, 0.25) is 5.91 Å². The van der Waals surface area contributed by atoms with Gasteiger partial charge < -0.3 is 14.5 Å². The number of carbonyl (C=O) groups excluding carboxylic acids is 1. The number of aliphatic carboxylic acids is 1.